The van der Waals surface area contributed by atoms with Crippen molar-refractivity contribution < 1.29 is 14.3 Å². The molecule has 4 heteroatoms. The summed E-state index contributed by atoms with van der Waals surface area (Å²) in [5, 5.41) is 2.96. The number of carbonyl (C=O) groups excluding carboxylic acids is 2. The fourth-order valence-corrected chi connectivity index (χ4v) is 3.09. The van der Waals surface area contributed by atoms with E-state index in [0.717, 1.165) is 28.9 Å². The van der Waals surface area contributed by atoms with Crippen molar-refractivity contribution in [2.24, 2.45) is 5.92 Å². The molecule has 0 heterocycles. The van der Waals surface area contributed by atoms with Crippen LogP contribution in [0.25, 0.3) is 0 Å². The Labute approximate surface area is 141 Å². The van der Waals surface area contributed by atoms with Crippen LogP contribution in [0.3, 0.4) is 0 Å². The van der Waals surface area contributed by atoms with Crippen LogP contribution in [0.15, 0.2) is 48.5 Å². The minimum atomic E-state index is -0.261. The summed E-state index contributed by atoms with van der Waals surface area (Å²) in [5.41, 5.74) is 2.88. The lowest BCUT2D eigenvalue weighted by molar-refractivity contribution is -0.125. The fourth-order valence-electron chi connectivity index (χ4n) is 3.09. The van der Waals surface area contributed by atoms with Crippen LogP contribution >= 0.6 is 0 Å². The fraction of sp³-hybridized carbons (Fsp3) is 0.300. The molecule has 1 atom stereocenters. The zero-order valence-corrected chi connectivity index (χ0v) is 13.7. The zero-order valence-electron chi connectivity index (χ0n) is 13.7. The summed E-state index contributed by atoms with van der Waals surface area (Å²) >= 11 is 0. The third-order valence-electron chi connectivity index (χ3n) is 4.46. The van der Waals surface area contributed by atoms with Crippen molar-refractivity contribution in [3.8, 4) is 5.75 Å². The predicted octanol–water partition coefficient (Wildman–Crippen LogP) is 2.80. The number of benzene rings is 2. The van der Waals surface area contributed by atoms with E-state index in [-0.39, 0.29) is 17.6 Å². The summed E-state index contributed by atoms with van der Waals surface area (Å²) in [7, 11) is 1.64. The first kappa shape index (κ1) is 16.2. The summed E-state index contributed by atoms with van der Waals surface area (Å²) in [6.45, 7) is 0.567. The second-order valence-electron chi connectivity index (χ2n) is 6.07. The van der Waals surface area contributed by atoms with Gasteiger partial charge < -0.3 is 10.1 Å². The number of carbonyl (C=O) groups is 2. The van der Waals surface area contributed by atoms with E-state index in [1.165, 1.54) is 0 Å². The van der Waals surface area contributed by atoms with Crippen LogP contribution in [0.2, 0.25) is 0 Å². The first-order chi connectivity index (χ1) is 11.7. The van der Waals surface area contributed by atoms with Gasteiger partial charge in [0.1, 0.15) is 5.75 Å². The number of rotatable bonds is 5. The Hall–Kier alpha value is -2.62. The molecule has 0 aromatic heterocycles. The molecule has 0 radical (unpaired) electrons. The average Bonchev–Trinajstić information content (AvgIpc) is 2.62. The topological polar surface area (TPSA) is 55.4 Å². The van der Waals surface area contributed by atoms with Crippen molar-refractivity contribution in [2.75, 3.05) is 13.7 Å². The molecule has 0 aliphatic heterocycles. The van der Waals surface area contributed by atoms with E-state index in [2.05, 4.69) is 5.32 Å². The van der Waals surface area contributed by atoms with Gasteiger partial charge >= 0.3 is 0 Å². The van der Waals surface area contributed by atoms with Gasteiger partial charge in [0.25, 0.3) is 0 Å². The molecule has 0 spiro atoms. The Morgan fingerprint density at radius 3 is 2.62 bits per heavy atom. The lowest BCUT2D eigenvalue weighted by atomic mass is 9.82. The Kier molecular flexibility index (Phi) is 4.94. The van der Waals surface area contributed by atoms with Gasteiger partial charge in [-0.2, -0.15) is 0 Å². The number of ether oxygens (including phenoxy) is 1. The lowest BCUT2D eigenvalue weighted by Gasteiger charge is -2.22. The number of ketones is 1. The van der Waals surface area contributed by atoms with Crippen LogP contribution in [-0.2, 0) is 17.6 Å². The van der Waals surface area contributed by atoms with Gasteiger partial charge in [0.15, 0.2) is 5.78 Å². The number of methoxy groups -OCH3 is 1. The normalized spacial score (nSPS) is 16.4. The maximum Gasteiger partial charge on any atom is 0.223 e. The van der Waals surface area contributed by atoms with E-state index >= 15 is 0 Å². The van der Waals surface area contributed by atoms with Crippen molar-refractivity contribution in [3.63, 3.8) is 0 Å². The van der Waals surface area contributed by atoms with Gasteiger partial charge in [-0.25, -0.2) is 0 Å². The van der Waals surface area contributed by atoms with Gasteiger partial charge in [-0.15, -0.1) is 0 Å². The maximum atomic E-state index is 12.4. The molecule has 124 valence electrons. The number of hydrogen-bond donors (Lipinski definition) is 1. The van der Waals surface area contributed by atoms with E-state index in [4.69, 9.17) is 4.74 Å². The Bertz CT molecular complexity index is 737. The Morgan fingerprint density at radius 1 is 1.12 bits per heavy atom. The highest BCUT2D eigenvalue weighted by Gasteiger charge is 2.29. The molecule has 2 aromatic carbocycles. The smallest absolute Gasteiger partial charge is 0.223 e. The maximum absolute atomic E-state index is 12.4. The number of Topliss-reactive ketones (excluding diaryl/α,β-unsaturated/α-hetero) is 1. The number of amides is 1. The minimum Gasteiger partial charge on any atom is -0.497 e. The molecule has 3 rings (SSSR count). The first-order valence-corrected chi connectivity index (χ1v) is 8.19. The third-order valence-corrected chi connectivity index (χ3v) is 4.46. The molecule has 1 unspecified atom stereocenters. The second kappa shape index (κ2) is 7.30. The van der Waals surface area contributed by atoms with Crippen LogP contribution < -0.4 is 10.1 Å². The highest BCUT2D eigenvalue weighted by molar-refractivity contribution is 6.01. The molecular weight excluding hydrogens is 302 g/mol. The largest absolute Gasteiger partial charge is 0.497 e. The average molecular weight is 323 g/mol. The third kappa shape index (κ3) is 3.65. The molecule has 0 saturated carbocycles. The summed E-state index contributed by atoms with van der Waals surface area (Å²) in [6.07, 6.45) is 1.69. The van der Waals surface area contributed by atoms with Gasteiger partial charge in [0.2, 0.25) is 5.91 Å². The van der Waals surface area contributed by atoms with Crippen molar-refractivity contribution in [1.82, 2.24) is 5.32 Å². The minimum absolute atomic E-state index is 0.0358. The van der Waals surface area contributed by atoms with Crippen molar-refractivity contribution in [1.29, 1.82) is 0 Å². The standard InChI is InChI=1S/C20H21NO3/c1-24-17-8-6-14(7-9-17)10-11-21-20(23)16-12-15-4-2-3-5-18(15)19(22)13-16/h2-9,16H,10-13H2,1H3,(H,21,23). The van der Waals surface area contributed by atoms with Crippen molar-refractivity contribution in [2.45, 2.75) is 19.3 Å². The van der Waals surface area contributed by atoms with Crippen LogP contribution in [0, 0.1) is 5.92 Å². The molecule has 1 amide bonds. The number of nitrogens with one attached hydrogen (secondary N) is 1. The lowest BCUT2D eigenvalue weighted by Crippen LogP contribution is -2.36. The quantitative estimate of drug-likeness (QED) is 0.920. The highest BCUT2D eigenvalue weighted by atomic mass is 16.5. The molecule has 1 aliphatic carbocycles. The van der Waals surface area contributed by atoms with E-state index in [1.54, 1.807) is 7.11 Å². The molecule has 0 bridgehead atoms. The monoisotopic (exact) mass is 323 g/mol. The summed E-state index contributed by atoms with van der Waals surface area (Å²) < 4.78 is 5.13. The first-order valence-electron chi connectivity index (χ1n) is 8.19. The molecule has 1 N–H and O–H groups in total. The van der Waals surface area contributed by atoms with E-state index < -0.39 is 0 Å². The van der Waals surface area contributed by atoms with Gasteiger partial charge in [-0.1, -0.05) is 36.4 Å². The molecular formula is C20H21NO3. The Balaban J connectivity index is 1.53. The molecule has 2 aromatic rings. The summed E-state index contributed by atoms with van der Waals surface area (Å²) in [6, 6.07) is 15.4. The molecule has 0 saturated heterocycles. The second-order valence-corrected chi connectivity index (χ2v) is 6.07. The van der Waals surface area contributed by atoms with Gasteiger partial charge in [0.05, 0.1) is 7.11 Å². The van der Waals surface area contributed by atoms with Crippen LogP contribution in [0.4, 0.5) is 0 Å². The van der Waals surface area contributed by atoms with Crippen LogP contribution in [0.5, 0.6) is 5.75 Å². The van der Waals surface area contributed by atoms with E-state index in [0.29, 0.717) is 19.4 Å². The predicted molar refractivity (Wildman–Crippen MR) is 92.3 cm³/mol. The molecule has 1 aliphatic rings. The number of fused-ring (bicyclic) bond motifs is 1. The SMILES string of the molecule is COc1ccc(CCNC(=O)C2CC(=O)c3ccccc3C2)cc1. The molecule has 4 nitrogen and oxygen atoms in total. The molecule has 24 heavy (non-hydrogen) atoms. The van der Waals surface area contributed by atoms with Gasteiger partial charge in [-0.05, 0) is 36.1 Å². The van der Waals surface area contributed by atoms with Gasteiger partial charge in [0, 0.05) is 24.4 Å². The number of hydrogen-bond acceptors (Lipinski definition) is 3. The van der Waals surface area contributed by atoms with E-state index in [9.17, 15) is 9.59 Å². The summed E-state index contributed by atoms with van der Waals surface area (Å²) in [5.74, 6) is 0.587. The Morgan fingerprint density at radius 2 is 1.88 bits per heavy atom. The van der Waals surface area contributed by atoms with Crippen molar-refractivity contribution in [3.05, 3.63) is 65.2 Å². The summed E-state index contributed by atoms with van der Waals surface area (Å²) in [4.78, 5) is 24.5. The van der Waals surface area contributed by atoms with Gasteiger partial charge in [-0.3, -0.25) is 9.59 Å². The molecule has 0 fully saturated rings. The zero-order chi connectivity index (χ0) is 16.9. The van der Waals surface area contributed by atoms with E-state index in [1.807, 2.05) is 48.5 Å². The van der Waals surface area contributed by atoms with Crippen LogP contribution in [-0.4, -0.2) is 25.3 Å². The highest BCUT2D eigenvalue weighted by Crippen LogP contribution is 2.25. The van der Waals surface area contributed by atoms with Crippen LogP contribution in [0.1, 0.15) is 27.9 Å². The van der Waals surface area contributed by atoms with Crippen molar-refractivity contribution >= 4 is 11.7 Å².